The van der Waals surface area contributed by atoms with Crippen LogP contribution < -0.4 is 11.1 Å². The van der Waals surface area contributed by atoms with E-state index in [1.165, 1.54) is 32.1 Å². The van der Waals surface area contributed by atoms with Gasteiger partial charge in [0.25, 0.3) is 0 Å². The first-order valence-corrected chi connectivity index (χ1v) is 7.38. The summed E-state index contributed by atoms with van der Waals surface area (Å²) in [4.78, 5) is 0. The summed E-state index contributed by atoms with van der Waals surface area (Å²) >= 11 is 0. The summed E-state index contributed by atoms with van der Waals surface area (Å²) in [7, 11) is 0. The molecule has 3 rings (SSSR count). The summed E-state index contributed by atoms with van der Waals surface area (Å²) in [5.74, 6) is 2.51. The second-order valence-corrected chi connectivity index (χ2v) is 6.23. The van der Waals surface area contributed by atoms with Gasteiger partial charge in [0.05, 0.1) is 6.10 Å². The number of nitrogens with two attached hydrogens (primary N) is 1. The molecule has 3 nitrogen and oxygen atoms in total. The number of hydrogen-bond donors (Lipinski definition) is 2. The molecule has 3 saturated carbocycles. The maximum Gasteiger partial charge on any atom is 0.0604 e. The highest BCUT2D eigenvalue weighted by Crippen LogP contribution is 2.47. The summed E-state index contributed by atoms with van der Waals surface area (Å²) in [6, 6.07) is 1.17. The van der Waals surface area contributed by atoms with E-state index in [4.69, 9.17) is 10.5 Å². The molecule has 0 aliphatic heterocycles. The Hall–Kier alpha value is -0.120. The first-order chi connectivity index (χ1) is 8.28. The van der Waals surface area contributed by atoms with Crippen LogP contribution in [0.25, 0.3) is 0 Å². The van der Waals surface area contributed by atoms with E-state index in [9.17, 15) is 0 Å². The van der Waals surface area contributed by atoms with Crippen molar-refractivity contribution in [2.24, 2.45) is 23.5 Å². The Balaban J connectivity index is 1.38. The van der Waals surface area contributed by atoms with E-state index in [0.717, 1.165) is 30.9 Å². The third-order valence-electron chi connectivity index (χ3n) is 5.30. The fourth-order valence-corrected chi connectivity index (χ4v) is 4.16. The first kappa shape index (κ1) is 11.9. The van der Waals surface area contributed by atoms with Crippen molar-refractivity contribution in [3.05, 3.63) is 0 Å². The Morgan fingerprint density at radius 3 is 2.59 bits per heavy atom. The highest BCUT2D eigenvalue weighted by atomic mass is 16.5. The maximum atomic E-state index is 6.32. The Morgan fingerprint density at radius 2 is 1.94 bits per heavy atom. The van der Waals surface area contributed by atoms with Gasteiger partial charge in [-0.2, -0.15) is 0 Å². The average molecular weight is 238 g/mol. The van der Waals surface area contributed by atoms with Crippen molar-refractivity contribution in [2.45, 2.75) is 57.2 Å². The van der Waals surface area contributed by atoms with Gasteiger partial charge in [0.1, 0.15) is 0 Å². The number of nitrogens with one attached hydrogen (secondary N) is 1. The third kappa shape index (κ3) is 2.25. The molecule has 3 aliphatic rings. The van der Waals surface area contributed by atoms with Gasteiger partial charge in [-0.05, 0) is 63.3 Å². The van der Waals surface area contributed by atoms with Gasteiger partial charge in [0, 0.05) is 18.7 Å². The van der Waals surface area contributed by atoms with E-state index < -0.39 is 0 Å². The monoisotopic (exact) mass is 238 g/mol. The fourth-order valence-electron chi connectivity index (χ4n) is 4.16. The molecular weight excluding hydrogens is 212 g/mol. The molecule has 3 heteroatoms. The molecule has 3 fully saturated rings. The maximum absolute atomic E-state index is 6.32. The second kappa shape index (κ2) is 4.87. The smallest absolute Gasteiger partial charge is 0.0604 e. The van der Waals surface area contributed by atoms with Crippen LogP contribution in [-0.4, -0.2) is 31.3 Å². The average Bonchev–Trinajstić information content (AvgIpc) is 2.83. The topological polar surface area (TPSA) is 47.3 Å². The molecule has 4 atom stereocenters. The standard InChI is InChI=1S/C14H26N2O/c1-2-17-12-6-11(7-12)16-8-13-9-3-4-10(5-9)14(13)15/h9-14,16H,2-8,15H2,1H3. The lowest BCUT2D eigenvalue weighted by molar-refractivity contribution is -0.0112. The largest absolute Gasteiger partial charge is 0.378 e. The van der Waals surface area contributed by atoms with Crippen molar-refractivity contribution in [1.82, 2.24) is 5.32 Å². The van der Waals surface area contributed by atoms with Crippen LogP contribution in [0.3, 0.4) is 0 Å². The van der Waals surface area contributed by atoms with Crippen LogP contribution in [0.1, 0.15) is 39.0 Å². The zero-order valence-corrected chi connectivity index (χ0v) is 10.9. The minimum atomic E-state index is 0.476. The van der Waals surface area contributed by atoms with Crippen molar-refractivity contribution in [3.63, 3.8) is 0 Å². The van der Waals surface area contributed by atoms with Crippen LogP contribution in [0, 0.1) is 17.8 Å². The van der Waals surface area contributed by atoms with Crippen LogP contribution in [0.2, 0.25) is 0 Å². The van der Waals surface area contributed by atoms with Gasteiger partial charge in [0.15, 0.2) is 0 Å². The lowest BCUT2D eigenvalue weighted by atomic mass is 9.83. The first-order valence-electron chi connectivity index (χ1n) is 7.38. The number of rotatable bonds is 5. The zero-order valence-electron chi connectivity index (χ0n) is 10.9. The van der Waals surface area contributed by atoms with E-state index >= 15 is 0 Å². The SMILES string of the molecule is CCOC1CC(NCC2C3CCC(C3)C2N)C1. The molecule has 98 valence electrons. The molecule has 3 aliphatic carbocycles. The molecule has 3 N–H and O–H groups in total. The van der Waals surface area contributed by atoms with E-state index in [1.54, 1.807) is 0 Å². The van der Waals surface area contributed by atoms with Gasteiger partial charge in [-0.15, -0.1) is 0 Å². The van der Waals surface area contributed by atoms with Gasteiger partial charge >= 0.3 is 0 Å². The van der Waals surface area contributed by atoms with Crippen LogP contribution in [-0.2, 0) is 4.74 Å². The molecule has 4 unspecified atom stereocenters. The molecule has 0 radical (unpaired) electrons. The summed E-state index contributed by atoms with van der Waals surface area (Å²) in [5, 5.41) is 3.70. The Kier molecular flexibility index (Phi) is 3.42. The Bertz CT molecular complexity index is 263. The highest BCUT2D eigenvalue weighted by Gasteiger charge is 2.45. The molecular formula is C14H26N2O. The van der Waals surface area contributed by atoms with Crippen molar-refractivity contribution >= 4 is 0 Å². The molecule has 0 aromatic heterocycles. The predicted octanol–water partition coefficient (Wildman–Crippen LogP) is 1.52. The zero-order chi connectivity index (χ0) is 11.8. The summed E-state index contributed by atoms with van der Waals surface area (Å²) in [6.07, 6.45) is 7.13. The van der Waals surface area contributed by atoms with Crippen molar-refractivity contribution in [1.29, 1.82) is 0 Å². The van der Waals surface area contributed by atoms with Crippen molar-refractivity contribution in [3.8, 4) is 0 Å². The fraction of sp³-hybridized carbons (Fsp3) is 1.00. The summed E-state index contributed by atoms with van der Waals surface area (Å²) in [6.45, 7) is 4.08. The normalized spacial score (nSPS) is 48.4. The molecule has 0 saturated heterocycles. The van der Waals surface area contributed by atoms with Gasteiger partial charge in [-0.3, -0.25) is 0 Å². The van der Waals surface area contributed by atoms with Gasteiger partial charge < -0.3 is 15.8 Å². The molecule has 0 aromatic carbocycles. The number of hydrogen-bond acceptors (Lipinski definition) is 3. The molecule has 0 spiro atoms. The van der Waals surface area contributed by atoms with Crippen LogP contribution in [0.4, 0.5) is 0 Å². The van der Waals surface area contributed by atoms with Gasteiger partial charge in [-0.1, -0.05) is 0 Å². The van der Waals surface area contributed by atoms with Crippen LogP contribution >= 0.6 is 0 Å². The van der Waals surface area contributed by atoms with Crippen molar-refractivity contribution in [2.75, 3.05) is 13.2 Å². The second-order valence-electron chi connectivity index (χ2n) is 6.23. The highest BCUT2D eigenvalue weighted by molar-refractivity contribution is 5.00. The van der Waals surface area contributed by atoms with Crippen LogP contribution in [0.15, 0.2) is 0 Å². The molecule has 17 heavy (non-hydrogen) atoms. The Labute approximate surface area is 104 Å². The number of fused-ring (bicyclic) bond motifs is 2. The minimum absolute atomic E-state index is 0.476. The van der Waals surface area contributed by atoms with E-state index in [2.05, 4.69) is 12.2 Å². The lowest BCUT2D eigenvalue weighted by Crippen LogP contribution is -2.49. The lowest BCUT2D eigenvalue weighted by Gasteiger charge is -2.37. The summed E-state index contributed by atoms with van der Waals surface area (Å²) < 4.78 is 5.59. The summed E-state index contributed by atoms with van der Waals surface area (Å²) in [5.41, 5.74) is 6.32. The third-order valence-corrected chi connectivity index (χ3v) is 5.30. The Morgan fingerprint density at radius 1 is 1.18 bits per heavy atom. The quantitative estimate of drug-likeness (QED) is 0.763. The van der Waals surface area contributed by atoms with Crippen molar-refractivity contribution < 1.29 is 4.74 Å². The molecule has 0 heterocycles. The van der Waals surface area contributed by atoms with E-state index in [0.29, 0.717) is 18.2 Å². The van der Waals surface area contributed by atoms with E-state index in [1.807, 2.05) is 0 Å². The van der Waals surface area contributed by atoms with Crippen LogP contribution in [0.5, 0.6) is 0 Å². The van der Waals surface area contributed by atoms with Gasteiger partial charge in [0.2, 0.25) is 0 Å². The molecule has 2 bridgehead atoms. The van der Waals surface area contributed by atoms with E-state index in [-0.39, 0.29) is 0 Å². The number of ether oxygens (including phenoxy) is 1. The molecule has 0 amide bonds. The predicted molar refractivity (Wildman–Crippen MR) is 68.7 cm³/mol. The minimum Gasteiger partial charge on any atom is -0.378 e. The van der Waals surface area contributed by atoms with Gasteiger partial charge in [-0.25, -0.2) is 0 Å². The molecule has 0 aromatic rings.